The van der Waals surface area contributed by atoms with Crippen molar-refractivity contribution in [2.75, 3.05) is 18.8 Å². The van der Waals surface area contributed by atoms with E-state index in [0.717, 1.165) is 5.57 Å². The van der Waals surface area contributed by atoms with Crippen LogP contribution >= 0.6 is 0 Å². The largest absolute Gasteiger partial charge is 0.309 e. The first-order valence-corrected chi connectivity index (χ1v) is 6.05. The highest BCUT2D eigenvalue weighted by Crippen LogP contribution is 2.08. The Morgan fingerprint density at radius 1 is 1.50 bits per heavy atom. The van der Waals surface area contributed by atoms with Crippen LogP contribution in [0.3, 0.4) is 0 Å². The number of sulfonamides is 1. The van der Waals surface area contributed by atoms with Gasteiger partial charge in [-0.3, -0.25) is 4.79 Å². The average molecular weight is 218 g/mol. The van der Waals surface area contributed by atoms with E-state index in [0.29, 0.717) is 18.7 Å². The number of amides is 1. The molecule has 0 radical (unpaired) electrons. The fourth-order valence-electron chi connectivity index (χ4n) is 0.966. The van der Waals surface area contributed by atoms with Crippen LogP contribution < -0.4 is 10.0 Å². The van der Waals surface area contributed by atoms with Gasteiger partial charge in [0, 0.05) is 18.7 Å². The predicted molar refractivity (Wildman–Crippen MR) is 53.2 cm³/mol. The first-order valence-electron chi connectivity index (χ1n) is 4.40. The molecule has 5 nitrogen and oxygen atoms in total. The minimum Gasteiger partial charge on any atom is -0.309 e. The van der Waals surface area contributed by atoms with E-state index in [9.17, 15) is 13.2 Å². The fraction of sp³-hybridized carbons (Fsp3) is 0.625. The van der Waals surface area contributed by atoms with Gasteiger partial charge in [-0.25, -0.2) is 13.1 Å². The van der Waals surface area contributed by atoms with Crippen molar-refractivity contribution < 1.29 is 13.2 Å². The van der Waals surface area contributed by atoms with Crippen LogP contribution in [0, 0.1) is 0 Å². The van der Waals surface area contributed by atoms with Gasteiger partial charge < -0.3 is 5.32 Å². The van der Waals surface area contributed by atoms with Crippen molar-refractivity contribution in [3.05, 3.63) is 11.1 Å². The molecule has 0 atom stereocenters. The summed E-state index contributed by atoms with van der Waals surface area (Å²) < 4.78 is 24.1. The van der Waals surface area contributed by atoms with E-state index < -0.39 is 15.9 Å². The standard InChI is InChI=1S/C8H14N2O3S/c1-3-14(12,13)10-8(11)6(2)7-4-9-5-7/h9H,3-5H2,1-2H3,(H,10,11). The van der Waals surface area contributed by atoms with Crippen molar-refractivity contribution in [2.24, 2.45) is 0 Å². The first-order chi connectivity index (χ1) is 6.46. The molecule has 1 aliphatic rings. The molecule has 0 bridgehead atoms. The Labute approximate surface area is 83.6 Å². The summed E-state index contributed by atoms with van der Waals surface area (Å²) in [5.74, 6) is -0.595. The zero-order valence-corrected chi connectivity index (χ0v) is 9.07. The Morgan fingerprint density at radius 3 is 2.43 bits per heavy atom. The third-order valence-electron chi connectivity index (χ3n) is 2.18. The van der Waals surface area contributed by atoms with E-state index >= 15 is 0 Å². The van der Waals surface area contributed by atoms with Crippen molar-refractivity contribution in [1.82, 2.24) is 10.0 Å². The number of nitrogens with one attached hydrogen (secondary N) is 2. The number of carbonyl (C=O) groups is 1. The van der Waals surface area contributed by atoms with Gasteiger partial charge in [0.2, 0.25) is 10.0 Å². The number of hydrogen-bond donors (Lipinski definition) is 2. The fourth-order valence-corrected chi connectivity index (χ4v) is 1.55. The molecule has 6 heteroatoms. The molecule has 0 aromatic heterocycles. The van der Waals surface area contributed by atoms with Crippen LogP contribution in [0.15, 0.2) is 11.1 Å². The van der Waals surface area contributed by atoms with E-state index in [1.807, 2.05) is 4.72 Å². The van der Waals surface area contributed by atoms with Crippen LogP contribution in [0.5, 0.6) is 0 Å². The Kier molecular flexibility index (Phi) is 3.28. The quantitative estimate of drug-likeness (QED) is 0.619. The van der Waals surface area contributed by atoms with Crippen molar-refractivity contribution in [1.29, 1.82) is 0 Å². The normalized spacial score (nSPS) is 16.0. The predicted octanol–water partition coefficient (Wildman–Crippen LogP) is -0.628. The maximum absolute atomic E-state index is 11.4. The second-order valence-electron chi connectivity index (χ2n) is 3.17. The molecule has 1 fully saturated rings. The molecule has 0 aliphatic carbocycles. The van der Waals surface area contributed by atoms with Crippen molar-refractivity contribution in [2.45, 2.75) is 13.8 Å². The highest BCUT2D eigenvalue weighted by molar-refractivity contribution is 7.90. The summed E-state index contributed by atoms with van der Waals surface area (Å²) >= 11 is 0. The lowest BCUT2D eigenvalue weighted by atomic mass is 10.0. The van der Waals surface area contributed by atoms with Gasteiger partial charge in [0.15, 0.2) is 0 Å². The smallest absolute Gasteiger partial charge is 0.260 e. The van der Waals surface area contributed by atoms with Crippen molar-refractivity contribution in [3.63, 3.8) is 0 Å². The molecule has 0 aromatic rings. The minimum absolute atomic E-state index is 0.0837. The van der Waals surface area contributed by atoms with Crippen LogP contribution in [-0.2, 0) is 14.8 Å². The molecule has 14 heavy (non-hydrogen) atoms. The van der Waals surface area contributed by atoms with Gasteiger partial charge in [-0.2, -0.15) is 0 Å². The molecular weight excluding hydrogens is 204 g/mol. The Morgan fingerprint density at radius 2 is 2.07 bits per heavy atom. The van der Waals surface area contributed by atoms with Crippen molar-refractivity contribution >= 4 is 15.9 Å². The van der Waals surface area contributed by atoms with Gasteiger partial charge in [0.05, 0.1) is 5.75 Å². The Bertz CT molecular complexity index is 364. The van der Waals surface area contributed by atoms with Gasteiger partial charge in [-0.05, 0) is 19.4 Å². The summed E-state index contributed by atoms with van der Waals surface area (Å²) in [7, 11) is -3.44. The zero-order chi connectivity index (χ0) is 10.8. The summed E-state index contributed by atoms with van der Waals surface area (Å²) in [6.45, 7) is 4.47. The molecule has 1 aliphatic heterocycles. The maximum Gasteiger partial charge on any atom is 0.260 e. The van der Waals surface area contributed by atoms with E-state index in [4.69, 9.17) is 0 Å². The van der Waals surface area contributed by atoms with E-state index in [2.05, 4.69) is 5.32 Å². The monoisotopic (exact) mass is 218 g/mol. The third-order valence-corrected chi connectivity index (χ3v) is 3.43. The minimum atomic E-state index is -3.44. The third kappa shape index (κ3) is 2.55. The Hall–Kier alpha value is -0.880. The first kappa shape index (κ1) is 11.2. The summed E-state index contributed by atoms with van der Waals surface area (Å²) in [6.07, 6.45) is 0. The SMILES string of the molecule is CCS(=O)(=O)NC(=O)C(C)=C1CNC1. The molecule has 0 saturated carbocycles. The van der Waals surface area contributed by atoms with Crippen molar-refractivity contribution in [3.8, 4) is 0 Å². The van der Waals surface area contributed by atoms with Gasteiger partial charge in [-0.15, -0.1) is 0 Å². The maximum atomic E-state index is 11.4. The molecule has 1 heterocycles. The van der Waals surface area contributed by atoms with Crippen LogP contribution in [0.25, 0.3) is 0 Å². The number of hydrogen-bond acceptors (Lipinski definition) is 4. The molecule has 1 amide bonds. The highest BCUT2D eigenvalue weighted by Gasteiger charge is 2.19. The molecule has 0 aromatic carbocycles. The van der Waals surface area contributed by atoms with Gasteiger partial charge in [-0.1, -0.05) is 0 Å². The lowest BCUT2D eigenvalue weighted by molar-refractivity contribution is -0.115. The second kappa shape index (κ2) is 4.10. The van der Waals surface area contributed by atoms with E-state index in [1.165, 1.54) is 6.92 Å². The number of carbonyl (C=O) groups excluding carboxylic acids is 1. The van der Waals surface area contributed by atoms with Crippen LogP contribution in [0.2, 0.25) is 0 Å². The summed E-state index contributed by atoms with van der Waals surface area (Å²) in [5, 5.41) is 2.99. The topological polar surface area (TPSA) is 75.3 Å². The molecule has 0 unspecified atom stereocenters. The van der Waals surface area contributed by atoms with Crippen LogP contribution in [-0.4, -0.2) is 33.2 Å². The van der Waals surface area contributed by atoms with Crippen LogP contribution in [0.4, 0.5) is 0 Å². The van der Waals surface area contributed by atoms with Gasteiger partial charge in [0.25, 0.3) is 5.91 Å². The lowest BCUT2D eigenvalue weighted by Crippen LogP contribution is -2.39. The molecule has 80 valence electrons. The molecule has 2 N–H and O–H groups in total. The zero-order valence-electron chi connectivity index (χ0n) is 8.25. The van der Waals surface area contributed by atoms with Crippen LogP contribution in [0.1, 0.15) is 13.8 Å². The highest BCUT2D eigenvalue weighted by atomic mass is 32.2. The lowest BCUT2D eigenvalue weighted by Gasteiger charge is -2.21. The van der Waals surface area contributed by atoms with Gasteiger partial charge >= 0.3 is 0 Å². The second-order valence-corrected chi connectivity index (χ2v) is 5.18. The molecule has 1 saturated heterocycles. The molecule has 1 rings (SSSR count). The molecule has 0 spiro atoms. The summed E-state index contributed by atoms with van der Waals surface area (Å²) in [4.78, 5) is 11.4. The van der Waals surface area contributed by atoms with Gasteiger partial charge in [0.1, 0.15) is 0 Å². The average Bonchev–Trinajstić information content (AvgIpc) is 2.00. The summed E-state index contributed by atoms with van der Waals surface area (Å²) in [5.41, 5.74) is 1.47. The Balaban J connectivity index is 2.68. The van der Waals surface area contributed by atoms with E-state index in [1.54, 1.807) is 6.92 Å². The summed E-state index contributed by atoms with van der Waals surface area (Å²) in [6, 6.07) is 0. The van der Waals surface area contributed by atoms with E-state index in [-0.39, 0.29) is 5.75 Å². The molecular formula is C8H14N2O3S. The number of rotatable bonds is 3.